The third kappa shape index (κ3) is 7.43. The van der Waals surface area contributed by atoms with Crippen molar-refractivity contribution in [2.75, 3.05) is 50.5 Å². The average Bonchev–Trinajstić information content (AvgIpc) is 2.92. The van der Waals surface area contributed by atoms with Gasteiger partial charge in [0.1, 0.15) is 5.69 Å². The van der Waals surface area contributed by atoms with E-state index < -0.39 is 0 Å². The Morgan fingerprint density at radius 3 is 2.53 bits per heavy atom. The number of rotatable bonds is 12. The van der Waals surface area contributed by atoms with Gasteiger partial charge < -0.3 is 20.6 Å². The molecule has 8 nitrogen and oxygen atoms in total. The number of nitrogens with one attached hydrogen (secondary N) is 3. The van der Waals surface area contributed by atoms with Crippen LogP contribution in [0.1, 0.15) is 42.4 Å². The van der Waals surface area contributed by atoms with Gasteiger partial charge in [0.2, 0.25) is 5.95 Å². The topological polar surface area (TPSA) is 94.6 Å². The molecule has 38 heavy (non-hydrogen) atoms. The normalized spacial score (nSPS) is 17.4. The number of aromatic nitrogens is 2. The van der Waals surface area contributed by atoms with E-state index in [9.17, 15) is 5.11 Å². The fourth-order valence-corrected chi connectivity index (χ4v) is 5.21. The second-order valence-corrected chi connectivity index (χ2v) is 10.6. The molecule has 1 aliphatic carbocycles. The first-order valence-corrected chi connectivity index (χ1v) is 13.5. The summed E-state index contributed by atoms with van der Waals surface area (Å²) in [6.07, 6.45) is 6.15. The smallest absolute Gasteiger partial charge is 0.225 e. The van der Waals surface area contributed by atoms with E-state index in [2.05, 4.69) is 89.5 Å². The van der Waals surface area contributed by atoms with Crippen LogP contribution < -0.4 is 16.1 Å². The second-order valence-electron chi connectivity index (χ2n) is 10.6. The van der Waals surface area contributed by atoms with E-state index in [1.54, 1.807) is 13.3 Å². The Kier molecular flexibility index (Phi) is 9.92. The largest absolute Gasteiger partial charge is 0.396 e. The number of hydrogen-bond donors (Lipinski definition) is 4. The van der Waals surface area contributed by atoms with Gasteiger partial charge in [0.15, 0.2) is 5.82 Å². The number of hydrogen-bond acceptors (Lipinski definition) is 8. The molecule has 4 N–H and O–H groups in total. The van der Waals surface area contributed by atoms with E-state index in [0.29, 0.717) is 36.6 Å². The molecule has 8 heteroatoms. The van der Waals surface area contributed by atoms with E-state index in [1.807, 2.05) is 0 Å². The summed E-state index contributed by atoms with van der Waals surface area (Å²) in [5.74, 6) is 2.31. The van der Waals surface area contributed by atoms with Crippen molar-refractivity contribution in [3.8, 4) is 11.1 Å². The highest BCUT2D eigenvalue weighted by atomic mass is 16.6. The highest BCUT2D eigenvalue weighted by Crippen LogP contribution is 2.30. The molecule has 0 aliphatic heterocycles. The minimum absolute atomic E-state index is 0.300. The average molecular weight is 519 g/mol. The molecule has 0 radical (unpaired) electrons. The summed E-state index contributed by atoms with van der Waals surface area (Å²) in [7, 11) is 5.76. The van der Waals surface area contributed by atoms with Crippen LogP contribution in [0, 0.1) is 18.8 Å². The van der Waals surface area contributed by atoms with Gasteiger partial charge in [0.25, 0.3) is 0 Å². The van der Waals surface area contributed by atoms with Crippen molar-refractivity contribution in [1.29, 1.82) is 0 Å². The Morgan fingerprint density at radius 1 is 1.03 bits per heavy atom. The van der Waals surface area contributed by atoms with Crippen LogP contribution in [0.3, 0.4) is 0 Å². The summed E-state index contributed by atoms with van der Waals surface area (Å²) in [5.41, 5.74) is 9.81. The summed E-state index contributed by atoms with van der Waals surface area (Å²) in [6, 6.07) is 15.2. The summed E-state index contributed by atoms with van der Waals surface area (Å²) in [4.78, 5) is 16.6. The second kappa shape index (κ2) is 13.6. The number of anilines is 3. The van der Waals surface area contributed by atoms with Gasteiger partial charge in [-0.15, -0.1) is 0 Å². The third-order valence-corrected chi connectivity index (χ3v) is 7.40. The minimum atomic E-state index is 0.300. The Labute approximate surface area is 226 Å². The lowest BCUT2D eigenvalue weighted by molar-refractivity contribution is 0.170. The molecule has 0 atom stereocenters. The van der Waals surface area contributed by atoms with Gasteiger partial charge in [0, 0.05) is 26.2 Å². The molecule has 0 spiro atoms. The zero-order chi connectivity index (χ0) is 26.9. The lowest BCUT2D eigenvalue weighted by Crippen LogP contribution is -2.23. The van der Waals surface area contributed by atoms with E-state index in [-0.39, 0.29) is 0 Å². The highest BCUT2D eigenvalue weighted by molar-refractivity contribution is 5.69. The molecule has 1 fully saturated rings. The van der Waals surface area contributed by atoms with Gasteiger partial charge >= 0.3 is 0 Å². The molecule has 1 aromatic heterocycles. The molecule has 0 bridgehead atoms. The van der Waals surface area contributed by atoms with Gasteiger partial charge in [0.05, 0.1) is 13.3 Å². The molecule has 1 saturated carbocycles. The van der Waals surface area contributed by atoms with Gasteiger partial charge in [-0.1, -0.05) is 36.4 Å². The van der Waals surface area contributed by atoms with E-state index in [4.69, 9.17) is 9.82 Å². The minimum Gasteiger partial charge on any atom is -0.396 e. The maximum Gasteiger partial charge on any atom is 0.225 e. The Balaban J connectivity index is 1.44. The maximum absolute atomic E-state index is 9.41. The molecule has 0 amide bonds. The van der Waals surface area contributed by atoms with Crippen LogP contribution in [0.4, 0.5) is 17.5 Å². The maximum atomic E-state index is 9.41. The van der Waals surface area contributed by atoms with Crippen molar-refractivity contribution in [3.63, 3.8) is 0 Å². The van der Waals surface area contributed by atoms with Crippen molar-refractivity contribution in [2.45, 2.75) is 45.7 Å². The highest BCUT2D eigenvalue weighted by Gasteiger charge is 2.21. The van der Waals surface area contributed by atoms with Crippen LogP contribution in [0.25, 0.3) is 11.1 Å². The summed E-state index contributed by atoms with van der Waals surface area (Å²) in [5, 5.41) is 16.3. The van der Waals surface area contributed by atoms with Crippen molar-refractivity contribution in [1.82, 2.24) is 14.9 Å². The molecule has 2 aromatic carbocycles. The fraction of sp³-hybridized carbons (Fsp3) is 0.467. The molecule has 0 saturated heterocycles. The summed E-state index contributed by atoms with van der Waals surface area (Å²) in [6.45, 7) is 4.85. The number of benzene rings is 2. The van der Waals surface area contributed by atoms with Gasteiger partial charge in [-0.2, -0.15) is 4.98 Å². The molecule has 4 rings (SSSR count). The molecular formula is C30H42N6O2. The molecule has 1 aliphatic rings. The number of nitrogens with zero attached hydrogens (tertiary/aromatic N) is 3. The van der Waals surface area contributed by atoms with Crippen molar-refractivity contribution < 1.29 is 9.94 Å². The first-order valence-electron chi connectivity index (χ1n) is 13.5. The zero-order valence-corrected chi connectivity index (χ0v) is 23.1. The van der Waals surface area contributed by atoms with Crippen LogP contribution in [-0.4, -0.2) is 54.3 Å². The zero-order valence-electron chi connectivity index (χ0n) is 23.1. The summed E-state index contributed by atoms with van der Waals surface area (Å²) < 4.78 is 0. The SMILES string of the molecule is CONc1cnc(NCc2cccc(-c3cccc(CN(C)C)c3)c2C)nc1NCC1CCC(CO)CC1. The Morgan fingerprint density at radius 2 is 1.79 bits per heavy atom. The molecule has 1 heterocycles. The van der Waals surface area contributed by atoms with Gasteiger partial charge in [-0.3, -0.25) is 10.3 Å². The first-order chi connectivity index (χ1) is 18.5. The van der Waals surface area contributed by atoms with Crippen molar-refractivity contribution >= 4 is 17.5 Å². The van der Waals surface area contributed by atoms with E-state index in [0.717, 1.165) is 44.6 Å². The van der Waals surface area contributed by atoms with Crippen LogP contribution in [0.2, 0.25) is 0 Å². The summed E-state index contributed by atoms with van der Waals surface area (Å²) >= 11 is 0. The van der Waals surface area contributed by atoms with Crippen LogP contribution in [-0.2, 0) is 17.9 Å². The van der Waals surface area contributed by atoms with E-state index >= 15 is 0 Å². The van der Waals surface area contributed by atoms with Crippen LogP contribution in [0.5, 0.6) is 0 Å². The molecule has 204 valence electrons. The van der Waals surface area contributed by atoms with E-state index in [1.165, 1.54) is 27.8 Å². The number of aliphatic hydroxyl groups excluding tert-OH is 1. The fourth-order valence-electron chi connectivity index (χ4n) is 5.21. The third-order valence-electron chi connectivity index (χ3n) is 7.40. The number of aliphatic hydroxyl groups is 1. The van der Waals surface area contributed by atoms with Gasteiger partial charge in [-0.25, -0.2) is 4.98 Å². The van der Waals surface area contributed by atoms with Crippen LogP contribution >= 0.6 is 0 Å². The predicted octanol–water partition coefficient (Wildman–Crippen LogP) is 5.31. The Hall–Kier alpha value is -3.20. The van der Waals surface area contributed by atoms with Crippen molar-refractivity contribution in [2.24, 2.45) is 11.8 Å². The molecular weight excluding hydrogens is 476 g/mol. The predicted molar refractivity (Wildman–Crippen MR) is 155 cm³/mol. The van der Waals surface area contributed by atoms with Crippen LogP contribution in [0.15, 0.2) is 48.7 Å². The quantitative estimate of drug-likeness (QED) is 0.240. The molecule has 3 aromatic rings. The Bertz CT molecular complexity index is 1180. The first kappa shape index (κ1) is 27.8. The monoisotopic (exact) mass is 518 g/mol. The standard InChI is InChI=1S/C30H42N6O2/c1-21-26(9-6-10-27(21)25-8-5-7-24(15-25)19-36(2)3)17-32-30-33-18-28(35-38-4)29(34-30)31-16-22-11-13-23(20-37)14-12-22/h5-10,15,18,22-23,35,37H,11-14,16-17,19-20H2,1-4H3,(H2,31,32,33,34). The molecule has 0 unspecified atom stereocenters. The van der Waals surface area contributed by atoms with Gasteiger partial charge in [-0.05, 0) is 92.4 Å². The lowest BCUT2D eigenvalue weighted by atomic mass is 9.82. The lowest BCUT2D eigenvalue weighted by Gasteiger charge is -2.27. The van der Waals surface area contributed by atoms with Crippen molar-refractivity contribution in [3.05, 3.63) is 65.4 Å².